The number of hydrogen-bond donors (Lipinski definition) is 2. The molecule has 0 aliphatic heterocycles. The lowest BCUT2D eigenvalue weighted by molar-refractivity contribution is 0.0527. The van der Waals surface area contributed by atoms with E-state index in [2.05, 4.69) is 26.2 Å². The largest absolute Gasteiger partial charge is 0.462 e. The van der Waals surface area contributed by atoms with Crippen molar-refractivity contribution in [3.63, 3.8) is 0 Å². The van der Waals surface area contributed by atoms with Crippen LogP contribution in [0.1, 0.15) is 24.2 Å². The number of rotatable bonds is 5. The topological polar surface area (TPSA) is 71.5 Å². The number of fused-ring (bicyclic) bond motifs is 1. The van der Waals surface area contributed by atoms with Crippen molar-refractivity contribution in [1.82, 2.24) is 4.98 Å². The molecule has 0 fully saturated rings. The number of nitrogens with zero attached hydrogens (tertiary/aromatic N) is 1. The summed E-state index contributed by atoms with van der Waals surface area (Å²) in [6, 6.07) is 0.601. The highest BCUT2D eigenvalue weighted by molar-refractivity contribution is 9.10. The average molecular weight is 389 g/mol. The summed E-state index contributed by atoms with van der Waals surface area (Å²) in [5.41, 5.74) is 0.161. The van der Waals surface area contributed by atoms with E-state index in [4.69, 9.17) is 4.74 Å². The lowest BCUT2D eigenvalue weighted by Gasteiger charge is -2.18. The van der Waals surface area contributed by atoms with Gasteiger partial charge in [-0.25, -0.2) is 13.6 Å². The van der Waals surface area contributed by atoms with Gasteiger partial charge in [0.2, 0.25) is 0 Å². The quantitative estimate of drug-likeness (QED) is 0.607. The van der Waals surface area contributed by atoms with Crippen LogP contribution in [0.25, 0.3) is 10.9 Å². The number of carbonyl (C=O) groups excluding carboxylic acids is 1. The molecule has 2 aromatic rings. The number of ether oxygens (including phenoxy) is 1. The molecule has 124 valence electrons. The van der Waals surface area contributed by atoms with Gasteiger partial charge in [-0.3, -0.25) is 4.98 Å². The van der Waals surface area contributed by atoms with Gasteiger partial charge in [-0.05, 0) is 29.8 Å². The summed E-state index contributed by atoms with van der Waals surface area (Å²) >= 11 is 2.84. The molecule has 1 heterocycles. The van der Waals surface area contributed by atoms with Gasteiger partial charge in [0.25, 0.3) is 0 Å². The molecule has 23 heavy (non-hydrogen) atoms. The predicted octanol–water partition coefficient (Wildman–Crippen LogP) is 3.24. The van der Waals surface area contributed by atoms with Crippen molar-refractivity contribution in [1.29, 1.82) is 0 Å². The Labute approximate surface area is 139 Å². The molecule has 0 spiro atoms. The fraction of sp³-hybridized carbons (Fsp3) is 0.333. The summed E-state index contributed by atoms with van der Waals surface area (Å²) in [7, 11) is 0. The van der Waals surface area contributed by atoms with Crippen LogP contribution in [0.15, 0.2) is 16.7 Å². The van der Waals surface area contributed by atoms with Gasteiger partial charge in [-0.2, -0.15) is 0 Å². The molecule has 0 aliphatic carbocycles. The standard InChI is InChI=1S/C15H15BrF2N2O3/c1-3-23-15(22)8-5-19-10-4-9(17)12(16)13(18)11(10)14(8)20-7(2)6-21/h4-5,7,21H,3,6H2,1-2H3,(H,19,20)/t7-/m0/s1. The third-order valence-electron chi connectivity index (χ3n) is 3.15. The second-order valence-corrected chi connectivity index (χ2v) is 5.67. The van der Waals surface area contributed by atoms with E-state index >= 15 is 0 Å². The van der Waals surface area contributed by atoms with Gasteiger partial charge in [0.15, 0.2) is 5.82 Å². The van der Waals surface area contributed by atoms with E-state index in [0.717, 1.165) is 6.07 Å². The Morgan fingerprint density at radius 3 is 2.83 bits per heavy atom. The minimum Gasteiger partial charge on any atom is -0.462 e. The molecule has 0 saturated carbocycles. The van der Waals surface area contributed by atoms with Crippen LogP contribution in [0.2, 0.25) is 0 Å². The number of aromatic nitrogens is 1. The van der Waals surface area contributed by atoms with Gasteiger partial charge in [0.05, 0.1) is 34.3 Å². The summed E-state index contributed by atoms with van der Waals surface area (Å²) in [6.07, 6.45) is 1.19. The Hall–Kier alpha value is -1.80. The number of aliphatic hydroxyl groups is 1. The molecule has 1 aromatic carbocycles. The van der Waals surface area contributed by atoms with Crippen LogP contribution in [0.5, 0.6) is 0 Å². The monoisotopic (exact) mass is 388 g/mol. The highest BCUT2D eigenvalue weighted by Crippen LogP contribution is 2.34. The van der Waals surface area contributed by atoms with E-state index in [1.165, 1.54) is 6.20 Å². The number of hydrogen-bond acceptors (Lipinski definition) is 5. The van der Waals surface area contributed by atoms with Crippen molar-refractivity contribution in [3.8, 4) is 0 Å². The third-order valence-corrected chi connectivity index (χ3v) is 3.88. The van der Waals surface area contributed by atoms with Gasteiger partial charge in [0, 0.05) is 18.3 Å². The fourth-order valence-corrected chi connectivity index (χ4v) is 2.37. The lowest BCUT2D eigenvalue weighted by atomic mass is 10.1. The van der Waals surface area contributed by atoms with Crippen LogP contribution in [-0.4, -0.2) is 35.3 Å². The lowest BCUT2D eigenvalue weighted by Crippen LogP contribution is -2.22. The molecule has 1 atom stereocenters. The number of halogens is 3. The number of anilines is 1. The van der Waals surface area contributed by atoms with Crippen LogP contribution in [0.3, 0.4) is 0 Å². The van der Waals surface area contributed by atoms with Crippen LogP contribution >= 0.6 is 15.9 Å². The second kappa shape index (κ2) is 7.18. The summed E-state index contributed by atoms with van der Waals surface area (Å²) in [6.45, 7) is 3.19. The normalized spacial score (nSPS) is 12.3. The number of carbonyl (C=O) groups is 1. The first-order chi connectivity index (χ1) is 10.9. The molecule has 0 radical (unpaired) electrons. The van der Waals surface area contributed by atoms with E-state index in [1.807, 2.05) is 0 Å². The minimum absolute atomic E-state index is 0.0112. The smallest absolute Gasteiger partial charge is 0.341 e. The molecule has 0 saturated heterocycles. The molecule has 2 rings (SSSR count). The van der Waals surface area contributed by atoms with Crippen molar-refractivity contribution in [2.75, 3.05) is 18.5 Å². The van der Waals surface area contributed by atoms with Crippen molar-refractivity contribution in [3.05, 3.63) is 33.9 Å². The summed E-state index contributed by atoms with van der Waals surface area (Å²) in [5, 5.41) is 12.0. The van der Waals surface area contributed by atoms with E-state index in [1.54, 1.807) is 13.8 Å². The van der Waals surface area contributed by atoms with Gasteiger partial charge in [-0.15, -0.1) is 0 Å². The van der Waals surface area contributed by atoms with Crippen molar-refractivity contribution in [2.45, 2.75) is 19.9 Å². The summed E-state index contributed by atoms with van der Waals surface area (Å²) in [5.74, 6) is -2.37. The van der Waals surface area contributed by atoms with E-state index in [-0.39, 0.29) is 39.8 Å². The van der Waals surface area contributed by atoms with Crippen molar-refractivity contribution >= 4 is 38.5 Å². The second-order valence-electron chi connectivity index (χ2n) is 4.88. The first-order valence-corrected chi connectivity index (χ1v) is 7.70. The molecule has 0 unspecified atom stereocenters. The average Bonchev–Trinajstić information content (AvgIpc) is 2.52. The highest BCUT2D eigenvalue weighted by atomic mass is 79.9. The minimum atomic E-state index is -0.883. The molecule has 1 aromatic heterocycles. The fourth-order valence-electron chi connectivity index (χ4n) is 2.06. The van der Waals surface area contributed by atoms with Crippen LogP contribution in [0.4, 0.5) is 14.5 Å². The van der Waals surface area contributed by atoms with Gasteiger partial charge < -0.3 is 15.2 Å². The summed E-state index contributed by atoms with van der Waals surface area (Å²) < 4.78 is 32.8. The molecule has 0 bridgehead atoms. The Morgan fingerprint density at radius 2 is 2.22 bits per heavy atom. The first kappa shape index (κ1) is 17.6. The highest BCUT2D eigenvalue weighted by Gasteiger charge is 2.23. The van der Waals surface area contributed by atoms with Gasteiger partial charge in [-0.1, -0.05) is 0 Å². The van der Waals surface area contributed by atoms with E-state index in [9.17, 15) is 18.7 Å². The maximum Gasteiger partial charge on any atom is 0.341 e. The van der Waals surface area contributed by atoms with E-state index < -0.39 is 23.6 Å². The Balaban J connectivity index is 2.76. The molecular formula is C15H15BrF2N2O3. The SMILES string of the molecule is CCOC(=O)c1cnc2cc(F)c(Br)c(F)c2c1N[C@@H](C)CO. The molecule has 5 nitrogen and oxygen atoms in total. The number of aliphatic hydroxyl groups excluding tert-OH is 1. The Bertz CT molecular complexity index is 755. The van der Waals surface area contributed by atoms with Crippen LogP contribution in [0, 0.1) is 11.6 Å². The first-order valence-electron chi connectivity index (χ1n) is 6.91. The van der Waals surface area contributed by atoms with Gasteiger partial charge >= 0.3 is 5.97 Å². The Kier molecular flexibility index (Phi) is 5.48. The zero-order chi connectivity index (χ0) is 17.1. The number of pyridine rings is 1. The maximum atomic E-state index is 14.5. The molecule has 0 aliphatic rings. The Morgan fingerprint density at radius 1 is 1.52 bits per heavy atom. The zero-order valence-corrected chi connectivity index (χ0v) is 14.1. The molecule has 0 amide bonds. The van der Waals surface area contributed by atoms with Gasteiger partial charge in [0.1, 0.15) is 11.4 Å². The number of benzene rings is 1. The molecular weight excluding hydrogens is 374 g/mol. The number of esters is 1. The zero-order valence-electron chi connectivity index (χ0n) is 12.5. The van der Waals surface area contributed by atoms with Crippen LogP contribution < -0.4 is 5.32 Å². The number of nitrogens with one attached hydrogen (secondary N) is 1. The van der Waals surface area contributed by atoms with E-state index in [0.29, 0.717) is 0 Å². The third kappa shape index (κ3) is 3.42. The predicted molar refractivity (Wildman–Crippen MR) is 85.5 cm³/mol. The van der Waals surface area contributed by atoms with Crippen molar-refractivity contribution in [2.24, 2.45) is 0 Å². The maximum absolute atomic E-state index is 14.5. The summed E-state index contributed by atoms with van der Waals surface area (Å²) in [4.78, 5) is 16.0. The molecule has 2 N–H and O–H groups in total. The van der Waals surface area contributed by atoms with Crippen LogP contribution in [-0.2, 0) is 4.74 Å². The molecule has 8 heteroatoms. The van der Waals surface area contributed by atoms with Crippen molar-refractivity contribution < 1.29 is 23.4 Å².